The minimum Gasteiger partial charge on any atom is -0.487 e. The molecule has 0 aliphatic rings. The predicted molar refractivity (Wildman–Crippen MR) is 92.8 cm³/mol. The Morgan fingerprint density at radius 1 is 0.762 bits per heavy atom. The maximum Gasteiger partial charge on any atom is 0.169 e. The van der Waals surface area contributed by atoms with E-state index in [9.17, 15) is 0 Å². The van der Waals surface area contributed by atoms with Gasteiger partial charge >= 0.3 is 0 Å². The molecule has 0 saturated heterocycles. The van der Waals surface area contributed by atoms with E-state index in [-0.39, 0.29) is 12.2 Å². The van der Waals surface area contributed by atoms with Crippen LogP contribution in [0.1, 0.15) is 27.7 Å². The van der Waals surface area contributed by atoms with E-state index in [0.717, 1.165) is 27.9 Å². The Bertz CT molecular complexity index is 606. The summed E-state index contributed by atoms with van der Waals surface area (Å²) in [7, 11) is 2.78. The van der Waals surface area contributed by atoms with Gasteiger partial charge in [-0.1, -0.05) is 36.4 Å². The van der Waals surface area contributed by atoms with Crippen LogP contribution in [0.5, 0.6) is 11.5 Å². The normalized spacial score (nSPS) is 11.0. The molecular weight excluding hydrogens is 279 g/mol. The molecule has 0 fully saturated rings. The lowest BCUT2D eigenvalue weighted by atomic mass is 10.0. The lowest BCUT2D eigenvalue weighted by Crippen LogP contribution is -2.12. The van der Waals surface area contributed by atoms with Gasteiger partial charge in [0.1, 0.15) is 0 Å². The quantitative estimate of drug-likeness (QED) is 0.761. The van der Waals surface area contributed by atoms with Gasteiger partial charge in [0.2, 0.25) is 0 Å². The van der Waals surface area contributed by atoms with Crippen LogP contribution in [0.15, 0.2) is 42.5 Å². The molecule has 2 aromatic carbocycles. The van der Waals surface area contributed by atoms with Crippen LogP contribution in [0.2, 0.25) is 0 Å². The summed E-state index contributed by atoms with van der Waals surface area (Å²) < 4.78 is 12.0. The second-order valence-electron chi connectivity index (χ2n) is 5.55. The summed E-state index contributed by atoms with van der Waals surface area (Å²) in [6.07, 6.45) is 0.207. The monoisotopic (exact) mass is 302 g/mol. The molecule has 2 nitrogen and oxygen atoms in total. The van der Waals surface area contributed by atoms with Crippen LogP contribution in [0.4, 0.5) is 0 Å². The Morgan fingerprint density at radius 2 is 1.38 bits per heavy atom. The Kier molecular flexibility index (Phi) is 5.25. The van der Waals surface area contributed by atoms with Gasteiger partial charge in [-0.05, 0) is 44.6 Å². The Balaban J connectivity index is 2.57. The number of hydrogen-bond donors (Lipinski definition) is 0. The second-order valence-corrected chi connectivity index (χ2v) is 6.18. The van der Waals surface area contributed by atoms with Crippen molar-refractivity contribution in [3.05, 3.63) is 42.5 Å². The molecule has 0 N–H and O–H groups in total. The first-order chi connectivity index (χ1) is 9.99. The van der Waals surface area contributed by atoms with Crippen molar-refractivity contribution in [2.75, 3.05) is 0 Å². The van der Waals surface area contributed by atoms with Crippen molar-refractivity contribution in [1.29, 1.82) is 0 Å². The first-order valence-electron chi connectivity index (χ1n) is 7.30. The molecule has 1 atom stereocenters. The maximum absolute atomic E-state index is 6.05. The van der Waals surface area contributed by atoms with E-state index in [1.54, 1.807) is 0 Å². The molecule has 1 unspecified atom stereocenters. The number of para-hydroxylation sites is 1. The largest absolute Gasteiger partial charge is 0.487 e. The van der Waals surface area contributed by atoms with E-state index >= 15 is 0 Å². The highest BCUT2D eigenvalue weighted by molar-refractivity contribution is 7.28. The van der Waals surface area contributed by atoms with E-state index in [1.807, 2.05) is 52.0 Å². The zero-order valence-electron chi connectivity index (χ0n) is 13.1. The fraction of sp³-hybridized carbons (Fsp3) is 0.333. The lowest BCUT2D eigenvalue weighted by Gasteiger charge is -2.20. The van der Waals surface area contributed by atoms with Crippen LogP contribution in [-0.2, 0) is 0 Å². The maximum atomic E-state index is 6.05. The van der Waals surface area contributed by atoms with E-state index in [1.165, 1.54) is 0 Å². The van der Waals surface area contributed by atoms with E-state index in [2.05, 4.69) is 27.4 Å². The Morgan fingerprint density at radius 3 is 2.00 bits per heavy atom. The average molecular weight is 302 g/mol. The van der Waals surface area contributed by atoms with Crippen LogP contribution in [0.3, 0.4) is 0 Å². The third kappa shape index (κ3) is 3.98. The number of benzene rings is 2. The van der Waals surface area contributed by atoms with Gasteiger partial charge in [0.25, 0.3) is 0 Å². The molecule has 112 valence electrons. The van der Waals surface area contributed by atoms with Crippen LogP contribution in [0.25, 0.3) is 11.1 Å². The first kappa shape index (κ1) is 15.9. The van der Waals surface area contributed by atoms with Gasteiger partial charge in [-0.25, -0.2) is 0 Å². The fourth-order valence-corrected chi connectivity index (χ4v) is 2.54. The predicted octanol–water partition coefficient (Wildman–Crippen LogP) is 4.43. The number of ether oxygens (including phenoxy) is 2. The van der Waals surface area contributed by atoms with Crippen molar-refractivity contribution >= 4 is 14.5 Å². The average Bonchev–Trinajstić information content (AvgIpc) is 2.40. The highest BCUT2D eigenvalue weighted by Crippen LogP contribution is 2.39. The summed E-state index contributed by atoms with van der Waals surface area (Å²) in [4.78, 5) is 0. The highest BCUT2D eigenvalue weighted by Gasteiger charge is 2.16. The van der Waals surface area contributed by atoms with Crippen molar-refractivity contribution in [2.45, 2.75) is 39.9 Å². The van der Waals surface area contributed by atoms with Crippen LogP contribution >= 0.6 is 9.24 Å². The van der Waals surface area contributed by atoms with Crippen molar-refractivity contribution in [1.82, 2.24) is 0 Å². The topological polar surface area (TPSA) is 18.5 Å². The van der Waals surface area contributed by atoms with Gasteiger partial charge in [0, 0.05) is 5.56 Å². The third-order valence-corrected chi connectivity index (χ3v) is 3.45. The molecule has 0 aliphatic heterocycles. The molecule has 21 heavy (non-hydrogen) atoms. The zero-order valence-corrected chi connectivity index (χ0v) is 14.2. The molecule has 0 heterocycles. The Labute approximate surface area is 129 Å². The highest BCUT2D eigenvalue weighted by atomic mass is 31.0. The van der Waals surface area contributed by atoms with Crippen molar-refractivity contribution in [3.8, 4) is 22.6 Å². The van der Waals surface area contributed by atoms with Crippen molar-refractivity contribution in [2.24, 2.45) is 0 Å². The van der Waals surface area contributed by atoms with Crippen molar-refractivity contribution in [3.63, 3.8) is 0 Å². The van der Waals surface area contributed by atoms with Gasteiger partial charge in [-0.2, -0.15) is 0 Å². The molecule has 0 spiro atoms. The van der Waals surface area contributed by atoms with Gasteiger partial charge < -0.3 is 9.47 Å². The minimum atomic E-state index is 0.0948. The fourth-order valence-electron chi connectivity index (χ4n) is 2.17. The summed E-state index contributed by atoms with van der Waals surface area (Å²) >= 11 is 0. The zero-order chi connectivity index (χ0) is 15.4. The molecule has 0 bridgehead atoms. The molecule has 3 heteroatoms. The molecule has 0 aliphatic carbocycles. The first-order valence-corrected chi connectivity index (χ1v) is 7.88. The summed E-state index contributed by atoms with van der Waals surface area (Å²) in [5, 5.41) is 1.15. The van der Waals surface area contributed by atoms with E-state index in [0.29, 0.717) is 0 Å². The van der Waals surface area contributed by atoms with Gasteiger partial charge in [-0.15, -0.1) is 9.24 Å². The molecule has 0 saturated carbocycles. The smallest absolute Gasteiger partial charge is 0.169 e. The standard InChI is InChI=1S/C18H23O2P/c1-12(2)19-16-10-7-9-15(18(16)20-13(3)4)14-8-5-6-11-17(14)21/h5-13H,21H2,1-4H3. The van der Waals surface area contributed by atoms with Gasteiger partial charge in [0.15, 0.2) is 11.5 Å². The van der Waals surface area contributed by atoms with Crippen LogP contribution < -0.4 is 14.8 Å². The van der Waals surface area contributed by atoms with E-state index in [4.69, 9.17) is 9.47 Å². The summed E-state index contributed by atoms with van der Waals surface area (Å²) in [5.74, 6) is 1.61. The van der Waals surface area contributed by atoms with Gasteiger partial charge in [-0.3, -0.25) is 0 Å². The lowest BCUT2D eigenvalue weighted by molar-refractivity contribution is 0.199. The van der Waals surface area contributed by atoms with E-state index < -0.39 is 0 Å². The molecular formula is C18H23O2P. The Hall–Kier alpha value is -1.53. The molecule has 0 radical (unpaired) electrons. The minimum absolute atomic E-state index is 0.0948. The summed E-state index contributed by atoms with van der Waals surface area (Å²) in [6, 6.07) is 14.3. The second kappa shape index (κ2) is 6.95. The van der Waals surface area contributed by atoms with Gasteiger partial charge in [0.05, 0.1) is 12.2 Å². The number of hydrogen-bond acceptors (Lipinski definition) is 2. The molecule has 0 amide bonds. The van der Waals surface area contributed by atoms with Crippen LogP contribution in [0, 0.1) is 0 Å². The summed E-state index contributed by atoms with van der Waals surface area (Å²) in [5.41, 5.74) is 2.21. The number of rotatable bonds is 5. The SMILES string of the molecule is CC(C)Oc1cccc(-c2ccccc2P)c1OC(C)C. The van der Waals surface area contributed by atoms with Crippen LogP contribution in [-0.4, -0.2) is 12.2 Å². The van der Waals surface area contributed by atoms with Crippen molar-refractivity contribution < 1.29 is 9.47 Å². The third-order valence-electron chi connectivity index (χ3n) is 2.95. The molecule has 2 aromatic rings. The molecule has 0 aromatic heterocycles. The summed E-state index contributed by atoms with van der Waals surface area (Å²) in [6.45, 7) is 8.11. The molecule has 2 rings (SSSR count).